The van der Waals surface area contributed by atoms with Crippen molar-refractivity contribution in [2.24, 2.45) is 28.7 Å². The molecule has 4 rings (SSSR count). The van der Waals surface area contributed by atoms with Crippen molar-refractivity contribution in [2.45, 2.75) is 123 Å². The molecule has 0 amide bonds. The minimum atomic E-state index is -1.70. The molecule has 18 N–H and O–H groups in total. The Hall–Kier alpha value is -1.18. The molecule has 0 spiro atoms. The molecule has 3 aliphatic heterocycles. The van der Waals surface area contributed by atoms with Crippen LogP contribution in [0.25, 0.3) is 0 Å². The Morgan fingerprint density at radius 3 is 1.70 bits per heavy atom. The molecule has 19 heteroatoms. The van der Waals surface area contributed by atoms with Crippen molar-refractivity contribution in [3.63, 3.8) is 0 Å². The van der Waals surface area contributed by atoms with Gasteiger partial charge in [-0.3, -0.25) is 0 Å². The third kappa shape index (κ3) is 6.84. The van der Waals surface area contributed by atoms with E-state index in [9.17, 15) is 40.9 Å². The van der Waals surface area contributed by atoms with Gasteiger partial charge >= 0.3 is 0 Å². The molecular formula is C24H45N5O14. The first kappa shape index (κ1) is 34.7. The van der Waals surface area contributed by atoms with Gasteiger partial charge in [0.1, 0.15) is 72.9 Å². The molecule has 3 heterocycles. The quantitative estimate of drug-likeness (QED) is 0.105. The molecule has 0 aromatic rings. The summed E-state index contributed by atoms with van der Waals surface area (Å²) in [6.07, 6.45) is -21.3. The first-order valence-electron chi connectivity index (χ1n) is 13.9. The lowest BCUT2D eigenvalue weighted by Gasteiger charge is -2.47. The van der Waals surface area contributed by atoms with Gasteiger partial charge < -0.3 is 97.9 Å². The average molecular weight is 628 g/mol. The summed E-state index contributed by atoms with van der Waals surface area (Å²) in [6, 6.07) is -4.40. The van der Waals surface area contributed by atoms with Crippen molar-refractivity contribution in [3.05, 3.63) is 12.3 Å². The fraction of sp³-hybridized carbons (Fsp3) is 0.917. The second kappa shape index (κ2) is 14.1. The molecule has 0 aromatic heterocycles. The number of aliphatic hydroxyl groups is 8. The molecule has 19 nitrogen and oxygen atoms in total. The zero-order valence-corrected chi connectivity index (χ0v) is 23.2. The number of aliphatic hydroxyl groups excluding tert-OH is 8. The highest BCUT2D eigenvalue weighted by molar-refractivity contribution is 5.06. The van der Waals surface area contributed by atoms with E-state index in [-0.39, 0.29) is 13.0 Å². The number of hydrogen-bond acceptors (Lipinski definition) is 19. The lowest BCUT2D eigenvalue weighted by atomic mass is 9.84. The molecule has 0 radical (unpaired) electrons. The second-order valence-electron chi connectivity index (χ2n) is 11.4. The van der Waals surface area contributed by atoms with Crippen LogP contribution < -0.4 is 28.7 Å². The van der Waals surface area contributed by atoms with Crippen LogP contribution in [0.15, 0.2) is 12.3 Å². The zero-order valence-electron chi connectivity index (χ0n) is 23.2. The highest BCUT2D eigenvalue weighted by atomic mass is 16.8. The summed E-state index contributed by atoms with van der Waals surface area (Å²) < 4.78 is 34.4. The van der Waals surface area contributed by atoms with Gasteiger partial charge in [0.05, 0.1) is 24.8 Å². The average Bonchev–Trinajstić information content (AvgIpc) is 3.28. The van der Waals surface area contributed by atoms with E-state index in [0.717, 1.165) is 0 Å². The van der Waals surface area contributed by atoms with Gasteiger partial charge in [-0.15, -0.1) is 0 Å². The summed E-state index contributed by atoms with van der Waals surface area (Å²) >= 11 is 0. The monoisotopic (exact) mass is 627 g/mol. The Kier molecular flexibility index (Phi) is 11.4. The van der Waals surface area contributed by atoms with Crippen LogP contribution in [0.5, 0.6) is 0 Å². The van der Waals surface area contributed by atoms with Crippen molar-refractivity contribution in [1.82, 2.24) is 0 Å². The largest absolute Gasteiger partial charge is 0.510 e. The third-order valence-electron chi connectivity index (χ3n) is 8.37. The smallest absolute Gasteiger partial charge is 0.187 e. The van der Waals surface area contributed by atoms with Crippen LogP contribution in [0.3, 0.4) is 0 Å². The maximum atomic E-state index is 11.2. The molecule has 1 saturated carbocycles. The standard InChI is InChI=1S/C24H45N5O14/c1-5(31)18-21(42-22-10(28)15(35)13(33)8(3-25)38-22)17(37)24(40-18)43-20-12(32)6(26)2-7(27)19(20)41-23-11(29)16(36)14(34)9(4-30)39-23/h6-24,30-37H,1-4,25-29H2/t6-,7?,8?,9?,10?,11?,12?,13-,14-,15?,16?,17?,18-,19-,20?,21?,22-,23-,24+/m1/s1. The molecule has 250 valence electrons. The van der Waals surface area contributed by atoms with Crippen molar-refractivity contribution < 1.29 is 69.3 Å². The maximum Gasteiger partial charge on any atom is 0.187 e. The summed E-state index contributed by atoms with van der Waals surface area (Å²) in [4.78, 5) is 0. The van der Waals surface area contributed by atoms with Gasteiger partial charge in [-0.1, -0.05) is 6.58 Å². The molecule has 19 atom stereocenters. The molecule has 43 heavy (non-hydrogen) atoms. The van der Waals surface area contributed by atoms with Gasteiger partial charge in [0.15, 0.2) is 18.9 Å². The summed E-state index contributed by atoms with van der Waals surface area (Å²) in [5.41, 5.74) is 29.9. The van der Waals surface area contributed by atoms with E-state index in [2.05, 4.69) is 6.58 Å². The van der Waals surface area contributed by atoms with Crippen LogP contribution in [0.2, 0.25) is 0 Å². The predicted octanol–water partition coefficient (Wildman–Crippen LogP) is -7.78. The number of ether oxygens (including phenoxy) is 6. The summed E-state index contributed by atoms with van der Waals surface area (Å²) in [5.74, 6) is -0.579. The molecule has 4 aliphatic rings. The normalized spacial score (nSPS) is 52.7. The van der Waals surface area contributed by atoms with Crippen molar-refractivity contribution in [3.8, 4) is 0 Å². The molecule has 11 unspecified atom stereocenters. The Morgan fingerprint density at radius 2 is 1.16 bits per heavy atom. The molecule has 3 saturated heterocycles. The van der Waals surface area contributed by atoms with E-state index in [1.165, 1.54) is 0 Å². The van der Waals surface area contributed by atoms with E-state index in [0.29, 0.717) is 0 Å². The Balaban J connectivity index is 1.53. The van der Waals surface area contributed by atoms with Crippen molar-refractivity contribution >= 4 is 0 Å². The minimum Gasteiger partial charge on any atom is -0.510 e. The fourth-order valence-corrected chi connectivity index (χ4v) is 5.74. The van der Waals surface area contributed by atoms with Gasteiger partial charge in [0, 0.05) is 18.6 Å². The van der Waals surface area contributed by atoms with Gasteiger partial charge in [0.25, 0.3) is 0 Å². The topological polar surface area (TPSA) is 347 Å². The summed E-state index contributed by atoms with van der Waals surface area (Å²) in [6.45, 7) is 2.58. The SMILES string of the molecule is C=C(O)[C@H]1O[C@@H](OC2C(O)[C@H](N)CC(N)[C@H]2O[C@H]2OC(CO)[C@@H](O)C(O)C2N)C(O)C1O[C@H]1OC(CN)[C@@H](O)C(O)C1N. The molecule has 4 fully saturated rings. The van der Waals surface area contributed by atoms with Crippen LogP contribution >= 0.6 is 0 Å². The molecule has 1 aliphatic carbocycles. The van der Waals surface area contributed by atoms with Gasteiger partial charge in [0.2, 0.25) is 0 Å². The van der Waals surface area contributed by atoms with Crippen LogP contribution in [-0.4, -0.2) is 170 Å². The highest BCUT2D eigenvalue weighted by Gasteiger charge is 2.55. The lowest BCUT2D eigenvalue weighted by Crippen LogP contribution is -2.68. The second-order valence-corrected chi connectivity index (χ2v) is 11.4. The maximum absolute atomic E-state index is 11.2. The minimum absolute atomic E-state index is 0.0472. The summed E-state index contributed by atoms with van der Waals surface area (Å²) in [7, 11) is 0. The van der Waals surface area contributed by atoms with Crippen molar-refractivity contribution in [1.29, 1.82) is 0 Å². The van der Waals surface area contributed by atoms with E-state index in [1.54, 1.807) is 0 Å². The van der Waals surface area contributed by atoms with E-state index >= 15 is 0 Å². The Bertz CT molecular complexity index is 939. The van der Waals surface area contributed by atoms with Crippen LogP contribution in [0.1, 0.15) is 6.42 Å². The zero-order chi connectivity index (χ0) is 31.9. The Labute approximate surface area is 246 Å². The van der Waals surface area contributed by atoms with Gasteiger partial charge in [-0.2, -0.15) is 0 Å². The third-order valence-corrected chi connectivity index (χ3v) is 8.37. The van der Waals surface area contributed by atoms with E-state index in [1.807, 2.05) is 0 Å². The predicted molar refractivity (Wildman–Crippen MR) is 141 cm³/mol. The Morgan fingerprint density at radius 1 is 0.651 bits per heavy atom. The summed E-state index contributed by atoms with van der Waals surface area (Å²) in [5, 5.41) is 82.8. The van der Waals surface area contributed by atoms with Gasteiger partial charge in [-0.05, 0) is 6.42 Å². The lowest BCUT2D eigenvalue weighted by molar-refractivity contribution is -0.310. The molecule has 0 bridgehead atoms. The highest BCUT2D eigenvalue weighted by Crippen LogP contribution is 2.35. The molecular weight excluding hydrogens is 582 g/mol. The first-order chi connectivity index (χ1) is 20.2. The van der Waals surface area contributed by atoms with E-state index in [4.69, 9.17) is 57.1 Å². The first-order valence-corrected chi connectivity index (χ1v) is 13.9. The fourth-order valence-electron chi connectivity index (χ4n) is 5.74. The van der Waals surface area contributed by atoms with E-state index < -0.39 is 129 Å². The van der Waals surface area contributed by atoms with Crippen molar-refractivity contribution in [2.75, 3.05) is 13.2 Å². The number of nitrogens with two attached hydrogens (primary N) is 5. The van der Waals surface area contributed by atoms with Crippen LogP contribution in [0, 0.1) is 0 Å². The number of hydrogen-bond donors (Lipinski definition) is 13. The van der Waals surface area contributed by atoms with Crippen LogP contribution in [-0.2, 0) is 28.4 Å². The van der Waals surface area contributed by atoms with Crippen LogP contribution in [0.4, 0.5) is 0 Å². The molecule has 0 aromatic carbocycles. The number of rotatable bonds is 9. The van der Waals surface area contributed by atoms with Gasteiger partial charge in [-0.25, -0.2) is 0 Å².